The number of halogens is 2. The van der Waals surface area contributed by atoms with Crippen LogP contribution in [0, 0.1) is 11.6 Å². The molecule has 1 aromatic rings. The largest absolute Gasteiger partial charge is 0.485 e. The van der Waals surface area contributed by atoms with Crippen LogP contribution in [-0.4, -0.2) is 31.3 Å². The van der Waals surface area contributed by atoms with E-state index in [0.717, 1.165) is 25.0 Å². The van der Waals surface area contributed by atoms with Crippen molar-refractivity contribution >= 4 is 5.97 Å². The smallest absolute Gasteiger partial charge is 0.326 e. The van der Waals surface area contributed by atoms with Gasteiger partial charge in [0.05, 0.1) is 6.61 Å². The lowest BCUT2D eigenvalue weighted by molar-refractivity contribution is -0.146. The molecule has 110 valence electrons. The molecule has 1 N–H and O–H groups in total. The highest BCUT2D eigenvalue weighted by atomic mass is 19.1. The molecule has 6 heteroatoms. The summed E-state index contributed by atoms with van der Waals surface area (Å²) in [6.07, 6.45) is 1.95. The van der Waals surface area contributed by atoms with Gasteiger partial charge in [-0.2, -0.15) is 0 Å². The lowest BCUT2D eigenvalue weighted by Gasteiger charge is -2.18. The van der Waals surface area contributed by atoms with Crippen LogP contribution in [0.3, 0.4) is 0 Å². The molecule has 0 saturated heterocycles. The summed E-state index contributed by atoms with van der Waals surface area (Å²) in [4.78, 5) is 11.7. The predicted molar refractivity (Wildman–Crippen MR) is 68.4 cm³/mol. The Balaban J connectivity index is 1.98. The zero-order chi connectivity index (χ0) is 14.5. The highest BCUT2D eigenvalue weighted by Crippen LogP contribution is 2.22. The average molecular weight is 285 g/mol. The van der Waals surface area contributed by atoms with Crippen molar-refractivity contribution in [3.63, 3.8) is 0 Å². The Morgan fingerprint density at radius 3 is 2.60 bits per heavy atom. The topological polar surface area (TPSA) is 47.6 Å². The van der Waals surface area contributed by atoms with Gasteiger partial charge >= 0.3 is 5.97 Å². The van der Waals surface area contributed by atoms with E-state index in [-0.39, 0.29) is 19.3 Å². The zero-order valence-corrected chi connectivity index (χ0v) is 11.2. The molecule has 1 saturated carbocycles. The quantitative estimate of drug-likeness (QED) is 0.779. The fourth-order valence-electron chi connectivity index (χ4n) is 1.75. The van der Waals surface area contributed by atoms with E-state index in [1.165, 1.54) is 6.07 Å². The molecule has 0 amide bonds. The molecule has 1 unspecified atom stereocenters. The fraction of sp³-hybridized carbons (Fsp3) is 0.500. The van der Waals surface area contributed by atoms with Crippen LogP contribution >= 0.6 is 0 Å². The molecular formula is C14H17F2NO3. The van der Waals surface area contributed by atoms with Crippen molar-refractivity contribution < 1.29 is 23.0 Å². The van der Waals surface area contributed by atoms with Gasteiger partial charge in [-0.1, -0.05) is 6.07 Å². The third-order valence-electron chi connectivity index (χ3n) is 2.90. The normalized spacial score (nSPS) is 15.8. The molecule has 1 fully saturated rings. The van der Waals surface area contributed by atoms with Gasteiger partial charge in [-0.15, -0.1) is 0 Å². The Morgan fingerprint density at radius 1 is 1.40 bits per heavy atom. The summed E-state index contributed by atoms with van der Waals surface area (Å²) >= 11 is 0. The summed E-state index contributed by atoms with van der Waals surface area (Å²) in [6, 6.07) is 2.99. The summed E-state index contributed by atoms with van der Waals surface area (Å²) in [7, 11) is 0. The summed E-state index contributed by atoms with van der Waals surface area (Å²) in [5, 5.41) is 3.04. The van der Waals surface area contributed by atoms with E-state index in [9.17, 15) is 13.6 Å². The highest BCUT2D eigenvalue weighted by molar-refractivity contribution is 5.76. The molecule has 0 aromatic heterocycles. The number of hydrogen-bond donors (Lipinski definition) is 1. The number of para-hydroxylation sites is 1. The van der Waals surface area contributed by atoms with E-state index in [1.807, 2.05) is 0 Å². The number of carbonyl (C=O) groups is 1. The Bertz CT molecular complexity index is 457. The van der Waals surface area contributed by atoms with Crippen LogP contribution in [0.25, 0.3) is 0 Å². The minimum atomic E-state index is -0.793. The molecule has 1 aliphatic carbocycles. The number of carbonyl (C=O) groups excluding carboxylic acids is 1. The van der Waals surface area contributed by atoms with Gasteiger partial charge in [-0.05, 0) is 31.9 Å². The maximum atomic E-state index is 13.4. The van der Waals surface area contributed by atoms with E-state index in [2.05, 4.69) is 5.32 Å². The SMILES string of the molecule is CCOC(=O)C(COc1c(F)cccc1F)NC1CC1. The number of hydrogen-bond acceptors (Lipinski definition) is 4. The third kappa shape index (κ3) is 3.90. The molecule has 20 heavy (non-hydrogen) atoms. The molecule has 2 rings (SSSR count). The number of esters is 1. The molecule has 1 aliphatic rings. The first-order valence-electron chi connectivity index (χ1n) is 6.61. The van der Waals surface area contributed by atoms with E-state index < -0.39 is 29.4 Å². The summed E-state index contributed by atoms with van der Waals surface area (Å²) in [5.41, 5.74) is 0. The maximum absolute atomic E-state index is 13.4. The Labute approximate surface area is 116 Å². The second-order valence-corrected chi connectivity index (χ2v) is 4.61. The van der Waals surface area contributed by atoms with E-state index >= 15 is 0 Å². The second kappa shape index (κ2) is 6.65. The van der Waals surface area contributed by atoms with Gasteiger partial charge in [0, 0.05) is 6.04 Å². The number of ether oxygens (including phenoxy) is 2. The van der Waals surface area contributed by atoms with E-state index in [4.69, 9.17) is 9.47 Å². The van der Waals surface area contributed by atoms with Crippen molar-refractivity contribution in [3.8, 4) is 5.75 Å². The Hall–Kier alpha value is -1.69. The molecule has 0 aliphatic heterocycles. The van der Waals surface area contributed by atoms with Crippen LogP contribution in [0.5, 0.6) is 5.75 Å². The molecule has 0 radical (unpaired) electrons. The lowest BCUT2D eigenvalue weighted by Crippen LogP contribution is -2.44. The summed E-state index contributed by atoms with van der Waals surface area (Å²) < 4.78 is 36.9. The van der Waals surface area contributed by atoms with E-state index in [0.29, 0.717) is 0 Å². The van der Waals surface area contributed by atoms with Gasteiger partial charge in [0.2, 0.25) is 0 Å². The monoisotopic (exact) mass is 285 g/mol. The van der Waals surface area contributed by atoms with Gasteiger partial charge in [-0.25, -0.2) is 8.78 Å². The standard InChI is InChI=1S/C14H17F2NO3/c1-2-19-14(18)12(17-9-6-7-9)8-20-13-10(15)4-3-5-11(13)16/h3-5,9,12,17H,2,6-8H2,1H3. The van der Waals surface area contributed by atoms with E-state index in [1.54, 1.807) is 6.92 Å². The van der Waals surface area contributed by atoms with Gasteiger partial charge in [-0.3, -0.25) is 10.1 Å². The van der Waals surface area contributed by atoms with Crippen LogP contribution < -0.4 is 10.1 Å². The van der Waals surface area contributed by atoms with Crippen molar-refractivity contribution in [1.29, 1.82) is 0 Å². The zero-order valence-electron chi connectivity index (χ0n) is 11.2. The summed E-state index contributed by atoms with van der Waals surface area (Å²) in [6.45, 7) is 1.77. The number of nitrogens with one attached hydrogen (secondary N) is 1. The molecule has 0 bridgehead atoms. The van der Waals surface area contributed by atoms with Crippen LogP contribution in [0.2, 0.25) is 0 Å². The lowest BCUT2D eigenvalue weighted by atomic mass is 10.3. The first kappa shape index (κ1) is 14.7. The first-order valence-corrected chi connectivity index (χ1v) is 6.61. The van der Waals surface area contributed by atoms with Crippen LogP contribution in [0.4, 0.5) is 8.78 Å². The third-order valence-corrected chi connectivity index (χ3v) is 2.90. The van der Waals surface area contributed by atoms with Crippen molar-refractivity contribution in [2.24, 2.45) is 0 Å². The molecule has 1 aromatic carbocycles. The van der Waals surface area contributed by atoms with Gasteiger partial charge < -0.3 is 9.47 Å². The maximum Gasteiger partial charge on any atom is 0.326 e. The highest BCUT2D eigenvalue weighted by Gasteiger charge is 2.30. The molecular weight excluding hydrogens is 268 g/mol. The Kier molecular flexibility index (Phi) is 4.89. The average Bonchev–Trinajstić information content (AvgIpc) is 3.21. The molecule has 0 spiro atoms. The minimum Gasteiger partial charge on any atom is -0.485 e. The Morgan fingerprint density at radius 2 is 2.05 bits per heavy atom. The minimum absolute atomic E-state index is 0.173. The van der Waals surface area contributed by atoms with Crippen molar-refractivity contribution in [3.05, 3.63) is 29.8 Å². The van der Waals surface area contributed by atoms with Crippen LogP contribution in [0.1, 0.15) is 19.8 Å². The predicted octanol–water partition coefficient (Wildman–Crippen LogP) is 2.03. The van der Waals surface area contributed by atoms with Crippen molar-refractivity contribution in [2.45, 2.75) is 31.8 Å². The van der Waals surface area contributed by atoms with Gasteiger partial charge in [0.1, 0.15) is 12.6 Å². The molecule has 0 heterocycles. The number of rotatable bonds is 7. The molecule has 4 nitrogen and oxygen atoms in total. The summed E-state index contributed by atoms with van der Waals surface area (Å²) in [5.74, 6) is -2.53. The van der Waals surface area contributed by atoms with Gasteiger partial charge in [0.15, 0.2) is 17.4 Å². The fourth-order valence-corrected chi connectivity index (χ4v) is 1.75. The van der Waals surface area contributed by atoms with Gasteiger partial charge in [0.25, 0.3) is 0 Å². The van der Waals surface area contributed by atoms with Crippen LogP contribution in [-0.2, 0) is 9.53 Å². The molecule has 1 atom stereocenters. The number of benzene rings is 1. The van der Waals surface area contributed by atoms with Crippen LogP contribution in [0.15, 0.2) is 18.2 Å². The second-order valence-electron chi connectivity index (χ2n) is 4.61. The van der Waals surface area contributed by atoms with Crippen molar-refractivity contribution in [2.75, 3.05) is 13.2 Å². The van der Waals surface area contributed by atoms with Crippen molar-refractivity contribution in [1.82, 2.24) is 5.32 Å². The first-order chi connectivity index (χ1) is 9.61.